The number of nitriles is 1. The highest BCUT2D eigenvalue weighted by atomic mass is 35.5. The lowest BCUT2D eigenvalue weighted by atomic mass is 9.96. The normalized spacial score (nSPS) is 20.7. The molecule has 1 heterocycles. The van der Waals surface area contributed by atoms with Gasteiger partial charge < -0.3 is 15.3 Å². The second-order valence-electron chi connectivity index (χ2n) is 7.74. The van der Waals surface area contributed by atoms with E-state index in [1.165, 1.54) is 5.56 Å². The van der Waals surface area contributed by atoms with E-state index < -0.39 is 0 Å². The number of benzene rings is 2. The van der Waals surface area contributed by atoms with Crippen LogP contribution in [-0.2, 0) is 12.8 Å². The van der Waals surface area contributed by atoms with Crippen LogP contribution in [0.4, 0.5) is 4.79 Å². The van der Waals surface area contributed by atoms with Crippen LogP contribution in [-0.4, -0.2) is 35.2 Å². The van der Waals surface area contributed by atoms with Crippen molar-refractivity contribution in [1.82, 2.24) is 10.2 Å². The van der Waals surface area contributed by atoms with Crippen molar-refractivity contribution in [2.24, 2.45) is 0 Å². The van der Waals surface area contributed by atoms with E-state index in [2.05, 4.69) is 11.4 Å². The molecule has 1 aliphatic carbocycles. The highest BCUT2D eigenvalue weighted by Crippen LogP contribution is 2.36. The summed E-state index contributed by atoms with van der Waals surface area (Å²) in [5.74, 6) is 0.308. The van der Waals surface area contributed by atoms with Gasteiger partial charge in [0.25, 0.3) is 0 Å². The van der Waals surface area contributed by atoms with Gasteiger partial charge in [0.15, 0.2) is 0 Å². The largest absolute Gasteiger partial charge is 0.508 e. The third kappa shape index (κ3) is 3.53. The molecule has 1 fully saturated rings. The van der Waals surface area contributed by atoms with Gasteiger partial charge in [0.1, 0.15) is 5.75 Å². The summed E-state index contributed by atoms with van der Waals surface area (Å²) in [6.07, 6.45) is 2.37. The van der Waals surface area contributed by atoms with Crippen LogP contribution in [0.15, 0.2) is 30.3 Å². The molecule has 2 aromatic carbocycles. The van der Waals surface area contributed by atoms with Gasteiger partial charge in [0.05, 0.1) is 11.6 Å². The lowest BCUT2D eigenvalue weighted by Crippen LogP contribution is -2.44. The molecule has 2 N–H and O–H groups in total. The predicted octanol–water partition coefficient (Wildman–Crippen LogP) is 3.89. The van der Waals surface area contributed by atoms with Crippen molar-refractivity contribution in [3.8, 4) is 11.8 Å². The Morgan fingerprint density at radius 2 is 2.07 bits per heavy atom. The topological polar surface area (TPSA) is 76.4 Å². The summed E-state index contributed by atoms with van der Waals surface area (Å²) in [5, 5.41) is 23.0. The molecule has 1 aliphatic heterocycles. The van der Waals surface area contributed by atoms with E-state index >= 15 is 0 Å². The minimum absolute atomic E-state index is 0.0571. The van der Waals surface area contributed by atoms with Crippen LogP contribution in [0.5, 0.6) is 5.75 Å². The molecule has 0 spiro atoms. The molecule has 0 radical (unpaired) electrons. The Morgan fingerprint density at radius 1 is 1.29 bits per heavy atom. The standard InChI is InChI=1S/C22H22ClN3O2/c1-13-6-19(21(27)10-20(13)23)16-4-5-26(12-16)22(28)25-18-8-15-3-2-14(11-24)7-17(15)9-18/h2-3,6-7,10,16,18,27H,4-5,8-9,12H2,1H3,(H,25,28). The molecule has 2 unspecified atom stereocenters. The number of nitrogens with one attached hydrogen (secondary N) is 1. The van der Waals surface area contributed by atoms with E-state index in [1.807, 2.05) is 36.1 Å². The number of phenolic OH excluding ortho intramolecular Hbond substituents is 1. The van der Waals surface area contributed by atoms with E-state index in [9.17, 15) is 9.90 Å². The van der Waals surface area contributed by atoms with Crippen molar-refractivity contribution in [3.05, 3.63) is 63.2 Å². The maximum Gasteiger partial charge on any atom is 0.317 e. The molecule has 2 aromatic rings. The van der Waals surface area contributed by atoms with Crippen LogP contribution in [0.1, 0.15) is 40.2 Å². The molecule has 6 heteroatoms. The Morgan fingerprint density at radius 3 is 2.86 bits per heavy atom. The molecule has 0 saturated carbocycles. The summed E-state index contributed by atoms with van der Waals surface area (Å²) in [7, 11) is 0. The van der Waals surface area contributed by atoms with Gasteiger partial charge in [0.2, 0.25) is 0 Å². The summed E-state index contributed by atoms with van der Waals surface area (Å²) in [4.78, 5) is 14.6. The molecule has 2 atom stereocenters. The van der Waals surface area contributed by atoms with Gasteiger partial charge >= 0.3 is 6.03 Å². The second-order valence-corrected chi connectivity index (χ2v) is 8.15. The number of amides is 2. The van der Waals surface area contributed by atoms with Crippen molar-refractivity contribution in [2.45, 2.75) is 38.1 Å². The highest BCUT2D eigenvalue weighted by Gasteiger charge is 2.31. The van der Waals surface area contributed by atoms with E-state index in [0.717, 1.165) is 36.0 Å². The predicted molar refractivity (Wildman–Crippen MR) is 108 cm³/mol. The minimum atomic E-state index is -0.0639. The maximum atomic E-state index is 12.7. The first-order valence-corrected chi connectivity index (χ1v) is 9.88. The molecule has 5 nitrogen and oxygen atoms in total. The zero-order valence-electron chi connectivity index (χ0n) is 15.7. The fourth-order valence-electron chi connectivity index (χ4n) is 4.27. The Labute approximate surface area is 169 Å². The first-order valence-electron chi connectivity index (χ1n) is 9.51. The number of hydrogen-bond acceptors (Lipinski definition) is 3. The second kappa shape index (κ2) is 7.37. The number of aryl methyl sites for hydroxylation is 1. The third-order valence-electron chi connectivity index (χ3n) is 5.82. The number of nitrogens with zero attached hydrogens (tertiary/aromatic N) is 2. The van der Waals surface area contributed by atoms with Crippen molar-refractivity contribution < 1.29 is 9.90 Å². The number of aromatic hydroxyl groups is 1. The van der Waals surface area contributed by atoms with Gasteiger partial charge in [-0.2, -0.15) is 5.26 Å². The molecule has 0 aromatic heterocycles. The third-order valence-corrected chi connectivity index (χ3v) is 6.23. The molecule has 28 heavy (non-hydrogen) atoms. The van der Waals surface area contributed by atoms with E-state index in [4.69, 9.17) is 16.9 Å². The highest BCUT2D eigenvalue weighted by molar-refractivity contribution is 6.31. The van der Waals surface area contributed by atoms with Crippen molar-refractivity contribution in [3.63, 3.8) is 0 Å². The average Bonchev–Trinajstić information content (AvgIpc) is 3.30. The van der Waals surface area contributed by atoms with E-state index in [-0.39, 0.29) is 23.7 Å². The lowest BCUT2D eigenvalue weighted by Gasteiger charge is -2.21. The van der Waals surface area contributed by atoms with Crippen molar-refractivity contribution in [2.75, 3.05) is 13.1 Å². The Balaban J connectivity index is 1.38. The van der Waals surface area contributed by atoms with Gasteiger partial charge in [-0.1, -0.05) is 23.7 Å². The number of likely N-dealkylation sites (tertiary alicyclic amines) is 1. The van der Waals surface area contributed by atoms with Crippen molar-refractivity contribution >= 4 is 17.6 Å². The van der Waals surface area contributed by atoms with Crippen LogP contribution in [0.25, 0.3) is 0 Å². The van der Waals surface area contributed by atoms with Gasteiger partial charge in [-0.15, -0.1) is 0 Å². The number of carbonyl (C=O) groups excluding carboxylic acids is 1. The van der Waals surface area contributed by atoms with Crippen LogP contribution in [0.3, 0.4) is 0 Å². The van der Waals surface area contributed by atoms with Crippen molar-refractivity contribution in [1.29, 1.82) is 5.26 Å². The van der Waals surface area contributed by atoms with Crippen LogP contribution >= 0.6 is 11.6 Å². The Kier molecular flexibility index (Phi) is 4.91. The molecular weight excluding hydrogens is 374 g/mol. The maximum absolute atomic E-state index is 12.7. The number of hydrogen-bond donors (Lipinski definition) is 2. The van der Waals surface area contributed by atoms with Gasteiger partial charge in [-0.25, -0.2) is 4.79 Å². The number of phenols is 1. The molecular formula is C22H22ClN3O2. The summed E-state index contributed by atoms with van der Waals surface area (Å²) >= 11 is 6.07. The molecule has 1 saturated heterocycles. The Hall–Kier alpha value is -2.71. The fraction of sp³-hybridized carbons (Fsp3) is 0.364. The number of rotatable bonds is 2. The number of halogens is 1. The molecule has 144 valence electrons. The smallest absolute Gasteiger partial charge is 0.317 e. The zero-order chi connectivity index (χ0) is 19.8. The average molecular weight is 396 g/mol. The van der Waals surface area contributed by atoms with E-state index in [0.29, 0.717) is 23.7 Å². The van der Waals surface area contributed by atoms with Gasteiger partial charge in [-0.05, 0) is 66.6 Å². The number of urea groups is 1. The van der Waals surface area contributed by atoms with Crippen LogP contribution in [0.2, 0.25) is 5.02 Å². The molecule has 2 amide bonds. The molecule has 2 aliphatic rings. The van der Waals surface area contributed by atoms with Crippen LogP contribution in [0, 0.1) is 18.3 Å². The minimum Gasteiger partial charge on any atom is -0.508 e. The number of carbonyl (C=O) groups is 1. The molecule has 4 rings (SSSR count). The Bertz CT molecular complexity index is 982. The van der Waals surface area contributed by atoms with Gasteiger partial charge in [-0.3, -0.25) is 0 Å². The summed E-state index contributed by atoms with van der Waals surface area (Å²) in [6, 6.07) is 11.4. The first-order chi connectivity index (χ1) is 13.4. The van der Waals surface area contributed by atoms with Crippen LogP contribution < -0.4 is 5.32 Å². The van der Waals surface area contributed by atoms with E-state index in [1.54, 1.807) is 6.07 Å². The SMILES string of the molecule is Cc1cc(C2CCN(C(=O)NC3Cc4ccc(C#N)cc4C3)C2)c(O)cc1Cl. The quantitative estimate of drug-likeness (QED) is 0.809. The molecule has 0 bridgehead atoms. The monoisotopic (exact) mass is 395 g/mol. The van der Waals surface area contributed by atoms with Gasteiger partial charge in [0, 0.05) is 30.1 Å². The zero-order valence-corrected chi connectivity index (χ0v) is 16.5. The lowest BCUT2D eigenvalue weighted by molar-refractivity contribution is 0.204. The summed E-state index contributed by atoms with van der Waals surface area (Å²) in [6.45, 7) is 3.16. The first kappa shape index (κ1) is 18.6. The fourth-order valence-corrected chi connectivity index (χ4v) is 4.43. The summed E-state index contributed by atoms with van der Waals surface area (Å²) in [5.41, 5.74) is 4.79. The summed E-state index contributed by atoms with van der Waals surface area (Å²) < 4.78 is 0. The number of fused-ring (bicyclic) bond motifs is 1.